The molecule has 1 aromatic rings. The van der Waals surface area contributed by atoms with Gasteiger partial charge in [-0.25, -0.2) is 0 Å². The van der Waals surface area contributed by atoms with E-state index >= 15 is 0 Å². The number of nitro benzene ring substituents is 1. The van der Waals surface area contributed by atoms with Gasteiger partial charge in [0.25, 0.3) is 5.91 Å². The Kier molecular flexibility index (Phi) is 5.83. The third kappa shape index (κ3) is 3.56. The van der Waals surface area contributed by atoms with Crippen LogP contribution in [-0.2, 0) is 0 Å². The Morgan fingerprint density at radius 3 is 2.83 bits per heavy atom. The number of hydrogen-bond acceptors (Lipinski definition) is 4. The van der Waals surface area contributed by atoms with E-state index in [1.807, 2.05) is 0 Å². The number of nitro groups is 1. The van der Waals surface area contributed by atoms with Crippen LogP contribution in [0.15, 0.2) is 18.2 Å². The summed E-state index contributed by atoms with van der Waals surface area (Å²) in [6.45, 7) is 0.535. The quantitative estimate of drug-likeness (QED) is 0.276. The molecule has 0 aliphatic rings. The van der Waals surface area contributed by atoms with Gasteiger partial charge in [-0.05, 0) is 12.5 Å². The van der Waals surface area contributed by atoms with E-state index in [0.717, 1.165) is 10.8 Å². The molecular weight excluding hydrogens is 351 g/mol. The van der Waals surface area contributed by atoms with Crippen LogP contribution in [0.3, 0.4) is 0 Å². The van der Waals surface area contributed by atoms with Crippen LogP contribution >= 0.6 is 22.6 Å². The largest absolute Gasteiger partial charge is 0.490 e. The van der Waals surface area contributed by atoms with Gasteiger partial charge in [-0.3, -0.25) is 14.9 Å². The first-order chi connectivity index (χ1) is 8.61. The minimum absolute atomic E-state index is 0.00512. The number of para-hydroxylation sites is 1. The van der Waals surface area contributed by atoms with Crippen molar-refractivity contribution in [2.75, 3.05) is 18.1 Å². The zero-order valence-electron chi connectivity index (χ0n) is 9.81. The molecule has 0 saturated carbocycles. The summed E-state index contributed by atoms with van der Waals surface area (Å²) < 4.78 is 5.90. The number of nitrogens with one attached hydrogen (secondary N) is 1. The molecule has 0 atom stereocenters. The zero-order valence-corrected chi connectivity index (χ0v) is 12.0. The first-order valence-electron chi connectivity index (χ1n) is 5.27. The smallest absolute Gasteiger partial charge is 0.311 e. The lowest BCUT2D eigenvalue weighted by Gasteiger charge is -2.08. The summed E-state index contributed by atoms with van der Waals surface area (Å²) in [7, 11) is 1.31. The summed E-state index contributed by atoms with van der Waals surface area (Å²) in [5.41, 5.74) is -0.0285. The fourth-order valence-corrected chi connectivity index (χ4v) is 1.81. The summed E-state index contributed by atoms with van der Waals surface area (Å²) in [6, 6.07) is 4.28. The van der Waals surface area contributed by atoms with Crippen LogP contribution in [0.2, 0.25) is 0 Å². The number of methoxy groups -OCH3 is 1. The molecule has 0 aliphatic carbocycles. The number of carbonyl (C=O) groups is 1. The number of ether oxygens (including phenoxy) is 1. The highest BCUT2D eigenvalue weighted by atomic mass is 127. The lowest BCUT2D eigenvalue weighted by atomic mass is 10.1. The van der Waals surface area contributed by atoms with Gasteiger partial charge in [-0.2, -0.15) is 0 Å². The van der Waals surface area contributed by atoms with Crippen molar-refractivity contribution in [2.45, 2.75) is 6.42 Å². The number of rotatable bonds is 6. The number of alkyl halides is 1. The van der Waals surface area contributed by atoms with Gasteiger partial charge in [0.2, 0.25) is 5.75 Å². The lowest BCUT2D eigenvalue weighted by molar-refractivity contribution is -0.385. The van der Waals surface area contributed by atoms with E-state index in [0.29, 0.717) is 6.54 Å². The van der Waals surface area contributed by atoms with E-state index < -0.39 is 4.92 Å². The molecule has 1 aromatic carbocycles. The van der Waals surface area contributed by atoms with Gasteiger partial charge < -0.3 is 10.1 Å². The summed E-state index contributed by atoms with van der Waals surface area (Å²) in [5.74, 6) is -0.366. The molecule has 0 aromatic heterocycles. The maximum atomic E-state index is 11.9. The summed E-state index contributed by atoms with van der Waals surface area (Å²) in [5, 5.41) is 13.5. The highest BCUT2D eigenvalue weighted by Crippen LogP contribution is 2.30. The van der Waals surface area contributed by atoms with Crippen molar-refractivity contribution in [2.24, 2.45) is 0 Å². The fourth-order valence-electron chi connectivity index (χ4n) is 1.43. The average molecular weight is 364 g/mol. The lowest BCUT2D eigenvalue weighted by Crippen LogP contribution is -2.25. The standard InChI is InChI=1S/C11H13IN2O4/c1-18-10-8(11(15)13-7-3-6-12)4-2-5-9(10)14(16)17/h2,4-5H,3,6-7H2,1H3,(H,13,15). The molecule has 0 spiro atoms. The first kappa shape index (κ1) is 14.7. The molecular formula is C11H13IN2O4. The van der Waals surface area contributed by atoms with Gasteiger partial charge in [-0.15, -0.1) is 0 Å². The van der Waals surface area contributed by atoms with E-state index in [9.17, 15) is 14.9 Å². The predicted octanol–water partition coefficient (Wildman–Crippen LogP) is 2.16. The number of amides is 1. The van der Waals surface area contributed by atoms with E-state index in [4.69, 9.17) is 4.74 Å². The molecule has 18 heavy (non-hydrogen) atoms. The van der Waals surface area contributed by atoms with E-state index in [2.05, 4.69) is 27.9 Å². The Labute approximate surface area is 118 Å². The van der Waals surface area contributed by atoms with Crippen LogP contribution in [0.5, 0.6) is 5.75 Å². The molecule has 1 N–H and O–H groups in total. The van der Waals surface area contributed by atoms with Gasteiger partial charge in [0.05, 0.1) is 17.6 Å². The molecule has 0 bridgehead atoms. The van der Waals surface area contributed by atoms with Crippen LogP contribution in [0.1, 0.15) is 16.8 Å². The third-order valence-corrected chi connectivity index (χ3v) is 3.00. The molecule has 6 nitrogen and oxygen atoms in total. The Morgan fingerprint density at radius 2 is 2.28 bits per heavy atom. The zero-order chi connectivity index (χ0) is 13.5. The Morgan fingerprint density at radius 1 is 1.56 bits per heavy atom. The molecule has 0 radical (unpaired) electrons. The fraction of sp³-hybridized carbons (Fsp3) is 0.364. The third-order valence-electron chi connectivity index (χ3n) is 2.24. The predicted molar refractivity (Wildman–Crippen MR) is 75.5 cm³/mol. The van der Waals surface area contributed by atoms with E-state index in [1.165, 1.54) is 25.3 Å². The summed E-state index contributed by atoms with van der Waals surface area (Å²) >= 11 is 2.21. The molecule has 1 rings (SSSR count). The minimum atomic E-state index is -0.569. The van der Waals surface area contributed by atoms with Crippen LogP contribution in [0, 0.1) is 10.1 Å². The van der Waals surface area contributed by atoms with Crippen LogP contribution in [0.25, 0.3) is 0 Å². The number of halogens is 1. The molecule has 0 saturated heterocycles. The minimum Gasteiger partial charge on any atom is -0.490 e. The average Bonchev–Trinajstić information content (AvgIpc) is 2.37. The van der Waals surface area contributed by atoms with Crippen molar-refractivity contribution in [1.29, 1.82) is 0 Å². The normalized spacial score (nSPS) is 9.89. The summed E-state index contributed by atoms with van der Waals surface area (Å²) in [4.78, 5) is 22.1. The van der Waals surface area contributed by atoms with Gasteiger partial charge in [0, 0.05) is 17.0 Å². The van der Waals surface area contributed by atoms with Gasteiger partial charge in [0.15, 0.2) is 0 Å². The highest BCUT2D eigenvalue weighted by molar-refractivity contribution is 14.1. The SMILES string of the molecule is COc1c(C(=O)NCCCI)cccc1[N+](=O)[O-]. The van der Waals surface area contributed by atoms with Crippen molar-refractivity contribution >= 4 is 34.2 Å². The molecule has 98 valence electrons. The maximum absolute atomic E-state index is 11.9. The second-order valence-electron chi connectivity index (χ2n) is 3.41. The highest BCUT2D eigenvalue weighted by Gasteiger charge is 2.21. The monoisotopic (exact) mass is 364 g/mol. The molecule has 0 aliphatic heterocycles. The second kappa shape index (κ2) is 7.14. The van der Waals surface area contributed by atoms with Gasteiger partial charge in [0.1, 0.15) is 0 Å². The Bertz CT molecular complexity index is 451. The van der Waals surface area contributed by atoms with Crippen LogP contribution < -0.4 is 10.1 Å². The summed E-state index contributed by atoms with van der Waals surface area (Å²) in [6.07, 6.45) is 0.851. The first-order valence-corrected chi connectivity index (χ1v) is 6.80. The topological polar surface area (TPSA) is 81.5 Å². The maximum Gasteiger partial charge on any atom is 0.311 e. The molecule has 1 amide bonds. The van der Waals surface area contributed by atoms with Crippen molar-refractivity contribution in [3.8, 4) is 5.75 Å². The number of nitrogens with zero attached hydrogens (tertiary/aromatic N) is 1. The van der Waals surface area contributed by atoms with Crippen molar-refractivity contribution in [3.63, 3.8) is 0 Å². The van der Waals surface area contributed by atoms with Gasteiger partial charge in [-0.1, -0.05) is 28.7 Å². The molecule has 0 unspecified atom stereocenters. The van der Waals surface area contributed by atoms with Crippen LogP contribution in [0.4, 0.5) is 5.69 Å². The van der Waals surface area contributed by atoms with Gasteiger partial charge >= 0.3 is 5.69 Å². The second-order valence-corrected chi connectivity index (χ2v) is 4.49. The number of hydrogen-bond donors (Lipinski definition) is 1. The van der Waals surface area contributed by atoms with Crippen molar-refractivity contribution < 1.29 is 14.5 Å². The van der Waals surface area contributed by atoms with E-state index in [1.54, 1.807) is 0 Å². The molecule has 0 fully saturated rings. The molecule has 7 heteroatoms. The van der Waals surface area contributed by atoms with Crippen molar-refractivity contribution in [1.82, 2.24) is 5.32 Å². The Balaban J connectivity index is 2.97. The number of carbonyl (C=O) groups excluding carboxylic acids is 1. The Hall–Kier alpha value is -1.38. The van der Waals surface area contributed by atoms with Crippen molar-refractivity contribution in [3.05, 3.63) is 33.9 Å². The molecule has 0 heterocycles. The van der Waals surface area contributed by atoms with E-state index in [-0.39, 0.29) is 22.9 Å². The van der Waals surface area contributed by atoms with Crippen LogP contribution in [-0.4, -0.2) is 28.9 Å². The number of benzene rings is 1.